The molecule has 0 fully saturated rings. The SMILES string of the molecule is N=C(N)c1c(F)cccc1-n1nnc(-c2ccccc2)n1. The zero-order valence-electron chi connectivity index (χ0n) is 10.9. The molecule has 0 amide bonds. The van der Waals surface area contributed by atoms with Crippen LogP contribution in [0.2, 0.25) is 0 Å². The van der Waals surface area contributed by atoms with Crippen molar-refractivity contribution in [1.82, 2.24) is 20.2 Å². The first-order valence-electron chi connectivity index (χ1n) is 6.15. The van der Waals surface area contributed by atoms with Crippen LogP contribution in [0.3, 0.4) is 0 Å². The maximum absolute atomic E-state index is 13.8. The van der Waals surface area contributed by atoms with Gasteiger partial charge in [0.05, 0.1) is 5.56 Å². The van der Waals surface area contributed by atoms with Crippen molar-refractivity contribution in [3.8, 4) is 17.1 Å². The Morgan fingerprint density at radius 2 is 1.86 bits per heavy atom. The van der Waals surface area contributed by atoms with Crippen molar-refractivity contribution in [2.24, 2.45) is 5.73 Å². The van der Waals surface area contributed by atoms with Gasteiger partial charge in [-0.2, -0.15) is 0 Å². The lowest BCUT2D eigenvalue weighted by molar-refractivity contribution is 0.617. The van der Waals surface area contributed by atoms with Crippen LogP contribution in [0.25, 0.3) is 17.1 Å². The quantitative estimate of drug-likeness (QED) is 0.565. The minimum absolute atomic E-state index is 0.0467. The molecule has 21 heavy (non-hydrogen) atoms. The summed E-state index contributed by atoms with van der Waals surface area (Å²) >= 11 is 0. The van der Waals surface area contributed by atoms with Gasteiger partial charge in [0.25, 0.3) is 0 Å². The lowest BCUT2D eigenvalue weighted by Gasteiger charge is -2.06. The molecule has 0 saturated carbocycles. The number of halogens is 1. The average Bonchev–Trinajstić information content (AvgIpc) is 2.97. The van der Waals surface area contributed by atoms with Crippen molar-refractivity contribution in [2.75, 3.05) is 0 Å². The van der Waals surface area contributed by atoms with Gasteiger partial charge in [-0.3, -0.25) is 5.41 Å². The van der Waals surface area contributed by atoms with Gasteiger partial charge in [0.15, 0.2) is 0 Å². The van der Waals surface area contributed by atoms with Crippen LogP contribution in [0.1, 0.15) is 5.56 Å². The van der Waals surface area contributed by atoms with E-state index in [0.29, 0.717) is 5.82 Å². The Balaban J connectivity index is 2.09. The van der Waals surface area contributed by atoms with Gasteiger partial charge in [0.1, 0.15) is 17.3 Å². The molecule has 0 unspecified atom stereocenters. The predicted octanol–water partition coefficient (Wildman–Crippen LogP) is 1.75. The van der Waals surface area contributed by atoms with Crippen molar-refractivity contribution < 1.29 is 4.39 Å². The summed E-state index contributed by atoms with van der Waals surface area (Å²) in [7, 11) is 0. The Hall–Kier alpha value is -3.09. The molecule has 2 aromatic carbocycles. The summed E-state index contributed by atoms with van der Waals surface area (Å²) in [6.07, 6.45) is 0. The van der Waals surface area contributed by atoms with Crippen molar-refractivity contribution in [3.05, 3.63) is 59.9 Å². The highest BCUT2D eigenvalue weighted by molar-refractivity contribution is 5.98. The van der Waals surface area contributed by atoms with Gasteiger partial charge < -0.3 is 5.73 Å². The molecule has 1 heterocycles. The molecule has 1 aromatic heterocycles. The first-order chi connectivity index (χ1) is 10.2. The number of tetrazole rings is 1. The normalized spacial score (nSPS) is 10.5. The maximum Gasteiger partial charge on any atom is 0.205 e. The Kier molecular flexibility index (Phi) is 3.15. The molecule has 3 aromatic rings. The zero-order chi connectivity index (χ0) is 14.8. The molecule has 3 N–H and O–H groups in total. The highest BCUT2D eigenvalue weighted by Crippen LogP contribution is 2.18. The van der Waals surface area contributed by atoms with Gasteiger partial charge in [0, 0.05) is 5.56 Å². The molecular formula is C14H11FN6. The van der Waals surface area contributed by atoms with Gasteiger partial charge in [-0.25, -0.2) is 4.39 Å². The van der Waals surface area contributed by atoms with E-state index in [1.54, 1.807) is 6.07 Å². The molecule has 3 rings (SSSR count). The van der Waals surface area contributed by atoms with Crippen molar-refractivity contribution in [1.29, 1.82) is 5.41 Å². The van der Waals surface area contributed by atoms with E-state index >= 15 is 0 Å². The van der Waals surface area contributed by atoms with Crippen LogP contribution in [-0.2, 0) is 0 Å². The number of nitrogen functional groups attached to an aromatic ring is 1. The molecule has 6 nitrogen and oxygen atoms in total. The van der Waals surface area contributed by atoms with E-state index in [1.807, 2.05) is 30.3 Å². The molecule has 0 radical (unpaired) electrons. The Morgan fingerprint density at radius 3 is 2.57 bits per heavy atom. The van der Waals surface area contributed by atoms with Crippen LogP contribution in [0.4, 0.5) is 4.39 Å². The number of nitrogens with two attached hydrogens (primary N) is 1. The minimum atomic E-state index is -0.599. The number of hydrogen-bond donors (Lipinski definition) is 2. The fourth-order valence-corrected chi connectivity index (χ4v) is 1.97. The molecule has 0 bridgehead atoms. The summed E-state index contributed by atoms with van der Waals surface area (Å²) < 4.78 is 13.8. The summed E-state index contributed by atoms with van der Waals surface area (Å²) in [5, 5.41) is 19.5. The van der Waals surface area contributed by atoms with E-state index < -0.39 is 5.82 Å². The first kappa shape index (κ1) is 12.9. The standard InChI is InChI=1S/C14H11FN6/c15-10-7-4-8-11(12(10)13(16)17)21-19-14(18-20-21)9-5-2-1-3-6-9/h1-8H,(H3,16,17). The third kappa shape index (κ3) is 2.36. The lowest BCUT2D eigenvalue weighted by atomic mass is 10.1. The molecule has 0 atom stereocenters. The van der Waals surface area contributed by atoms with Crippen LogP contribution >= 0.6 is 0 Å². The van der Waals surface area contributed by atoms with Crippen LogP contribution < -0.4 is 5.73 Å². The third-order valence-corrected chi connectivity index (χ3v) is 2.92. The van der Waals surface area contributed by atoms with Crippen molar-refractivity contribution in [3.63, 3.8) is 0 Å². The number of rotatable bonds is 3. The van der Waals surface area contributed by atoms with Gasteiger partial charge in [-0.1, -0.05) is 36.4 Å². The fraction of sp³-hybridized carbons (Fsp3) is 0. The van der Waals surface area contributed by atoms with E-state index in [0.717, 1.165) is 5.56 Å². The largest absolute Gasteiger partial charge is 0.384 e. The van der Waals surface area contributed by atoms with Crippen LogP contribution in [0, 0.1) is 11.2 Å². The second-order valence-corrected chi connectivity index (χ2v) is 4.32. The predicted molar refractivity (Wildman–Crippen MR) is 75.6 cm³/mol. The van der Waals surface area contributed by atoms with Crippen LogP contribution in [0.5, 0.6) is 0 Å². The van der Waals surface area contributed by atoms with Crippen LogP contribution in [0.15, 0.2) is 48.5 Å². The highest BCUT2D eigenvalue weighted by atomic mass is 19.1. The Labute approximate surface area is 119 Å². The van der Waals surface area contributed by atoms with Gasteiger partial charge in [-0.05, 0) is 17.3 Å². The van der Waals surface area contributed by atoms with E-state index in [-0.39, 0.29) is 17.1 Å². The molecule has 104 valence electrons. The Morgan fingerprint density at radius 1 is 1.10 bits per heavy atom. The number of nitrogens with one attached hydrogen (secondary N) is 1. The molecular weight excluding hydrogens is 271 g/mol. The van der Waals surface area contributed by atoms with E-state index in [4.69, 9.17) is 11.1 Å². The topological polar surface area (TPSA) is 93.5 Å². The summed E-state index contributed by atoms with van der Waals surface area (Å²) in [5.41, 5.74) is 6.45. The second-order valence-electron chi connectivity index (χ2n) is 4.32. The molecule has 0 aliphatic heterocycles. The van der Waals surface area contributed by atoms with Gasteiger partial charge in [-0.15, -0.1) is 15.0 Å². The fourth-order valence-electron chi connectivity index (χ4n) is 1.97. The van der Waals surface area contributed by atoms with E-state index in [1.165, 1.54) is 16.9 Å². The van der Waals surface area contributed by atoms with Gasteiger partial charge in [0.2, 0.25) is 5.82 Å². The summed E-state index contributed by atoms with van der Waals surface area (Å²) in [6.45, 7) is 0. The zero-order valence-corrected chi connectivity index (χ0v) is 10.9. The number of nitrogens with zero attached hydrogens (tertiary/aromatic N) is 4. The summed E-state index contributed by atoms with van der Waals surface area (Å²) in [4.78, 5) is 1.17. The van der Waals surface area contributed by atoms with Gasteiger partial charge >= 0.3 is 0 Å². The summed E-state index contributed by atoms with van der Waals surface area (Å²) in [5.74, 6) is -0.574. The monoisotopic (exact) mass is 282 g/mol. The maximum atomic E-state index is 13.8. The van der Waals surface area contributed by atoms with Crippen molar-refractivity contribution >= 4 is 5.84 Å². The summed E-state index contributed by atoms with van der Waals surface area (Å²) in [6, 6.07) is 13.6. The van der Waals surface area contributed by atoms with E-state index in [9.17, 15) is 4.39 Å². The molecule has 0 saturated heterocycles. The molecule has 0 aliphatic rings. The van der Waals surface area contributed by atoms with E-state index in [2.05, 4.69) is 15.4 Å². The Bertz CT molecular complexity index is 796. The highest BCUT2D eigenvalue weighted by Gasteiger charge is 2.15. The van der Waals surface area contributed by atoms with Crippen LogP contribution in [-0.4, -0.2) is 26.0 Å². The molecule has 7 heteroatoms. The first-order valence-corrected chi connectivity index (χ1v) is 6.15. The lowest BCUT2D eigenvalue weighted by Crippen LogP contribution is -2.18. The minimum Gasteiger partial charge on any atom is -0.384 e. The molecule has 0 spiro atoms. The van der Waals surface area contributed by atoms with Crippen molar-refractivity contribution in [2.45, 2.75) is 0 Å². The number of aromatic nitrogens is 4. The smallest absolute Gasteiger partial charge is 0.205 e. The number of hydrogen-bond acceptors (Lipinski definition) is 4. The average molecular weight is 282 g/mol. The number of amidine groups is 1. The molecule has 0 aliphatic carbocycles. The second kappa shape index (κ2) is 5.12. The number of benzene rings is 2. The third-order valence-electron chi connectivity index (χ3n) is 2.92.